The van der Waals surface area contributed by atoms with Gasteiger partial charge in [-0.05, 0) is 26.0 Å². The molecule has 0 bridgehead atoms. The van der Waals surface area contributed by atoms with E-state index >= 15 is 0 Å². The van der Waals surface area contributed by atoms with Crippen LogP contribution in [0.2, 0.25) is 0 Å². The van der Waals surface area contributed by atoms with Gasteiger partial charge in [0.05, 0.1) is 18.5 Å². The van der Waals surface area contributed by atoms with Crippen LogP contribution in [0.4, 0.5) is 5.69 Å². The number of nitrogens with zero attached hydrogens (tertiary/aromatic N) is 2. The fourth-order valence-corrected chi connectivity index (χ4v) is 1.77. The third kappa shape index (κ3) is 2.11. The first-order chi connectivity index (χ1) is 8.52. The zero-order chi connectivity index (χ0) is 13.3. The maximum atomic E-state index is 5.84. The number of hydrogen-bond acceptors (Lipinski definition) is 4. The highest BCUT2D eigenvalue weighted by atomic mass is 16.5. The zero-order valence-electron chi connectivity index (χ0n) is 11.0. The first kappa shape index (κ1) is 12.3. The Morgan fingerprint density at radius 3 is 2.56 bits per heavy atom. The number of aryl methyl sites for hydroxylation is 2. The third-order valence-corrected chi connectivity index (χ3v) is 2.87. The molecule has 0 aliphatic rings. The van der Waals surface area contributed by atoms with Crippen molar-refractivity contribution in [2.45, 2.75) is 13.8 Å². The predicted octanol–water partition coefficient (Wildman–Crippen LogP) is 2.42. The van der Waals surface area contributed by atoms with Crippen LogP contribution in [0, 0.1) is 13.8 Å². The van der Waals surface area contributed by atoms with Crippen molar-refractivity contribution in [3.63, 3.8) is 0 Å². The van der Waals surface area contributed by atoms with E-state index in [1.54, 1.807) is 23.9 Å². The van der Waals surface area contributed by atoms with E-state index < -0.39 is 0 Å². The minimum Gasteiger partial charge on any atom is -0.494 e. The van der Waals surface area contributed by atoms with Crippen molar-refractivity contribution < 1.29 is 9.47 Å². The first-order valence-electron chi connectivity index (χ1n) is 5.64. The SMILES string of the molecule is COc1cc(Oc2c(C)nn(C)c2C)ccc1N. The molecule has 1 aromatic carbocycles. The largest absolute Gasteiger partial charge is 0.494 e. The first-order valence-corrected chi connectivity index (χ1v) is 5.64. The van der Waals surface area contributed by atoms with Crippen LogP contribution in [-0.4, -0.2) is 16.9 Å². The summed E-state index contributed by atoms with van der Waals surface area (Å²) in [6.45, 7) is 3.88. The normalized spacial score (nSPS) is 10.4. The molecule has 2 N–H and O–H groups in total. The summed E-state index contributed by atoms with van der Waals surface area (Å²) in [5.41, 5.74) is 8.18. The second kappa shape index (κ2) is 4.60. The number of hydrogen-bond donors (Lipinski definition) is 1. The lowest BCUT2D eigenvalue weighted by Crippen LogP contribution is -1.94. The molecule has 0 amide bonds. The Balaban J connectivity index is 2.34. The summed E-state index contributed by atoms with van der Waals surface area (Å²) in [6, 6.07) is 5.33. The van der Waals surface area contributed by atoms with Gasteiger partial charge in [0.25, 0.3) is 0 Å². The van der Waals surface area contributed by atoms with Gasteiger partial charge in [-0.3, -0.25) is 4.68 Å². The highest BCUT2D eigenvalue weighted by Gasteiger charge is 2.12. The van der Waals surface area contributed by atoms with E-state index in [1.165, 1.54) is 0 Å². The summed E-state index contributed by atoms with van der Waals surface area (Å²) in [5, 5.41) is 4.30. The molecular weight excluding hydrogens is 230 g/mol. The molecule has 2 rings (SSSR count). The lowest BCUT2D eigenvalue weighted by Gasteiger charge is -2.09. The van der Waals surface area contributed by atoms with Crippen molar-refractivity contribution in [3.05, 3.63) is 29.6 Å². The van der Waals surface area contributed by atoms with Gasteiger partial charge in [-0.25, -0.2) is 0 Å². The topological polar surface area (TPSA) is 62.3 Å². The maximum Gasteiger partial charge on any atom is 0.171 e. The molecule has 0 saturated carbocycles. The van der Waals surface area contributed by atoms with E-state index in [1.807, 2.05) is 27.0 Å². The number of nitrogens with two attached hydrogens (primary N) is 1. The van der Waals surface area contributed by atoms with Gasteiger partial charge in [0.15, 0.2) is 5.75 Å². The molecule has 2 aromatic rings. The fourth-order valence-electron chi connectivity index (χ4n) is 1.77. The number of methoxy groups -OCH3 is 1. The van der Waals surface area contributed by atoms with Crippen LogP contribution in [0.25, 0.3) is 0 Å². The fraction of sp³-hybridized carbons (Fsp3) is 0.308. The molecule has 96 valence electrons. The van der Waals surface area contributed by atoms with Crippen molar-refractivity contribution in [1.29, 1.82) is 0 Å². The minimum absolute atomic E-state index is 0.587. The molecule has 18 heavy (non-hydrogen) atoms. The van der Waals surface area contributed by atoms with Gasteiger partial charge in [0.2, 0.25) is 0 Å². The summed E-state index contributed by atoms with van der Waals surface area (Å²) in [5.74, 6) is 2.05. The quantitative estimate of drug-likeness (QED) is 0.846. The summed E-state index contributed by atoms with van der Waals surface area (Å²) < 4.78 is 12.8. The number of nitrogen functional groups attached to an aromatic ring is 1. The lowest BCUT2D eigenvalue weighted by atomic mass is 10.2. The Morgan fingerprint density at radius 2 is 2.00 bits per heavy atom. The second-order valence-corrected chi connectivity index (χ2v) is 4.13. The van der Waals surface area contributed by atoms with Gasteiger partial charge in [0.1, 0.15) is 17.2 Å². The summed E-state index contributed by atoms with van der Waals surface area (Å²) in [7, 11) is 3.47. The van der Waals surface area contributed by atoms with Crippen LogP contribution in [0.15, 0.2) is 18.2 Å². The number of rotatable bonds is 3. The molecule has 0 aliphatic heterocycles. The maximum absolute atomic E-state index is 5.84. The second-order valence-electron chi connectivity index (χ2n) is 4.13. The van der Waals surface area contributed by atoms with E-state index in [9.17, 15) is 0 Å². The van der Waals surface area contributed by atoms with E-state index in [0.29, 0.717) is 17.2 Å². The molecule has 1 aromatic heterocycles. The van der Waals surface area contributed by atoms with Crippen molar-refractivity contribution in [2.24, 2.45) is 7.05 Å². The summed E-state index contributed by atoms with van der Waals surface area (Å²) in [6.07, 6.45) is 0. The molecule has 0 atom stereocenters. The Kier molecular flexibility index (Phi) is 3.14. The molecule has 0 spiro atoms. The molecule has 0 unspecified atom stereocenters. The smallest absolute Gasteiger partial charge is 0.171 e. The van der Waals surface area contributed by atoms with Crippen molar-refractivity contribution in [2.75, 3.05) is 12.8 Å². The van der Waals surface area contributed by atoms with Crippen LogP contribution in [-0.2, 0) is 7.05 Å². The van der Waals surface area contributed by atoms with Crippen LogP contribution in [0.5, 0.6) is 17.2 Å². The predicted molar refractivity (Wildman–Crippen MR) is 70.2 cm³/mol. The summed E-state index contributed by atoms with van der Waals surface area (Å²) in [4.78, 5) is 0. The van der Waals surface area contributed by atoms with Crippen LogP contribution in [0.1, 0.15) is 11.4 Å². The van der Waals surface area contributed by atoms with Crippen molar-refractivity contribution >= 4 is 5.69 Å². The number of aromatic nitrogens is 2. The van der Waals surface area contributed by atoms with Gasteiger partial charge >= 0.3 is 0 Å². The van der Waals surface area contributed by atoms with Crippen LogP contribution >= 0.6 is 0 Å². The van der Waals surface area contributed by atoms with Crippen molar-refractivity contribution in [1.82, 2.24) is 9.78 Å². The zero-order valence-corrected chi connectivity index (χ0v) is 11.0. The Labute approximate surface area is 106 Å². The number of ether oxygens (including phenoxy) is 2. The highest BCUT2D eigenvalue weighted by Crippen LogP contribution is 2.32. The Hall–Kier alpha value is -2.17. The minimum atomic E-state index is 0.587. The highest BCUT2D eigenvalue weighted by molar-refractivity contribution is 5.56. The molecule has 0 fully saturated rings. The standard InChI is InChI=1S/C13H17N3O2/c1-8-13(9(2)16(3)15-8)18-10-5-6-11(14)12(7-10)17-4/h5-7H,14H2,1-4H3. The van der Waals surface area contributed by atoms with Crippen LogP contribution < -0.4 is 15.2 Å². The molecule has 0 aliphatic carbocycles. The van der Waals surface area contributed by atoms with E-state index in [4.69, 9.17) is 15.2 Å². The third-order valence-electron chi connectivity index (χ3n) is 2.87. The van der Waals surface area contributed by atoms with E-state index in [-0.39, 0.29) is 0 Å². The molecular formula is C13H17N3O2. The van der Waals surface area contributed by atoms with E-state index in [0.717, 1.165) is 17.1 Å². The van der Waals surface area contributed by atoms with Crippen LogP contribution in [0.3, 0.4) is 0 Å². The van der Waals surface area contributed by atoms with Gasteiger partial charge < -0.3 is 15.2 Å². The molecule has 0 radical (unpaired) electrons. The van der Waals surface area contributed by atoms with Crippen molar-refractivity contribution in [3.8, 4) is 17.2 Å². The average Bonchev–Trinajstić information content (AvgIpc) is 2.58. The van der Waals surface area contributed by atoms with Gasteiger partial charge in [0, 0.05) is 13.1 Å². The monoisotopic (exact) mass is 247 g/mol. The number of anilines is 1. The average molecular weight is 247 g/mol. The van der Waals surface area contributed by atoms with Gasteiger partial charge in [-0.1, -0.05) is 0 Å². The lowest BCUT2D eigenvalue weighted by molar-refractivity contribution is 0.410. The molecule has 1 heterocycles. The van der Waals surface area contributed by atoms with E-state index in [2.05, 4.69) is 5.10 Å². The molecule has 0 saturated heterocycles. The summed E-state index contributed by atoms with van der Waals surface area (Å²) >= 11 is 0. The molecule has 5 nitrogen and oxygen atoms in total. The van der Waals surface area contributed by atoms with Gasteiger partial charge in [-0.15, -0.1) is 0 Å². The number of benzene rings is 1. The Morgan fingerprint density at radius 1 is 1.28 bits per heavy atom. The van der Waals surface area contributed by atoms with Gasteiger partial charge in [-0.2, -0.15) is 5.10 Å². The Bertz CT molecular complexity index is 576. The molecule has 5 heteroatoms.